The maximum Gasteiger partial charge on any atom is 0.194 e. The summed E-state index contributed by atoms with van der Waals surface area (Å²) >= 11 is 3.17. The summed E-state index contributed by atoms with van der Waals surface area (Å²) in [6.07, 6.45) is 1.51. The summed E-state index contributed by atoms with van der Waals surface area (Å²) in [5, 5.41) is 4.84. The lowest BCUT2D eigenvalue weighted by molar-refractivity contribution is 0.111. The summed E-state index contributed by atoms with van der Waals surface area (Å²) < 4.78 is 2.17. The largest absolute Gasteiger partial charge is 0.296 e. The predicted octanol–water partition coefficient (Wildman–Crippen LogP) is 2.87. The van der Waals surface area contributed by atoms with E-state index < -0.39 is 0 Å². The van der Waals surface area contributed by atoms with Crippen molar-refractivity contribution in [3.05, 3.63) is 38.5 Å². The van der Waals surface area contributed by atoms with Crippen molar-refractivity contribution in [1.29, 1.82) is 0 Å². The van der Waals surface area contributed by atoms with Crippen molar-refractivity contribution in [2.24, 2.45) is 0 Å². The van der Waals surface area contributed by atoms with Crippen LogP contribution in [0.25, 0.3) is 4.96 Å². The second-order valence-corrected chi connectivity index (χ2v) is 5.88. The zero-order chi connectivity index (χ0) is 12.7. The fraction of sp³-hybridized carbons (Fsp3) is 0.250. The van der Waals surface area contributed by atoms with E-state index in [9.17, 15) is 4.79 Å². The number of imidazole rings is 1. The molecule has 0 radical (unpaired) electrons. The van der Waals surface area contributed by atoms with Crippen molar-refractivity contribution in [3.8, 4) is 0 Å². The highest BCUT2D eigenvalue weighted by atomic mass is 32.1. The fourth-order valence-corrected chi connectivity index (χ4v) is 3.65. The highest BCUT2D eigenvalue weighted by Gasteiger charge is 2.14. The van der Waals surface area contributed by atoms with Crippen molar-refractivity contribution in [2.75, 3.05) is 0 Å². The van der Waals surface area contributed by atoms with Crippen molar-refractivity contribution in [2.45, 2.75) is 20.3 Å². The topological polar surface area (TPSA) is 47.3 Å². The number of nitrogens with zero attached hydrogens (tertiary/aromatic N) is 3. The molecule has 0 atom stereocenters. The molecule has 0 aliphatic heterocycles. The molecule has 0 fully saturated rings. The summed E-state index contributed by atoms with van der Waals surface area (Å²) in [7, 11) is 0. The fourth-order valence-electron chi connectivity index (χ4n) is 1.98. The smallest absolute Gasteiger partial charge is 0.194 e. The number of carbonyl (C=O) groups excluding carboxylic acids is 1. The zero-order valence-electron chi connectivity index (χ0n) is 10.0. The average Bonchev–Trinajstić information content (AvgIpc) is 3.01. The first-order chi connectivity index (χ1) is 8.69. The maximum atomic E-state index is 10.6. The Hall–Kier alpha value is -1.53. The molecule has 4 nitrogen and oxygen atoms in total. The van der Waals surface area contributed by atoms with Gasteiger partial charge in [-0.25, -0.2) is 9.97 Å². The van der Waals surface area contributed by atoms with Crippen molar-refractivity contribution in [1.82, 2.24) is 14.4 Å². The molecule has 0 amide bonds. The summed E-state index contributed by atoms with van der Waals surface area (Å²) in [5.74, 6) is 0. The average molecular weight is 277 g/mol. The molecule has 6 heteroatoms. The van der Waals surface area contributed by atoms with Gasteiger partial charge in [0, 0.05) is 22.9 Å². The Morgan fingerprint density at radius 3 is 2.83 bits per heavy atom. The van der Waals surface area contributed by atoms with Gasteiger partial charge in [0.25, 0.3) is 0 Å². The molecule has 3 rings (SSSR count). The lowest BCUT2D eigenvalue weighted by atomic mass is 10.2. The molecule has 92 valence electrons. The van der Waals surface area contributed by atoms with Crippen molar-refractivity contribution >= 4 is 33.9 Å². The van der Waals surface area contributed by atoms with E-state index in [0.29, 0.717) is 5.69 Å². The first kappa shape index (κ1) is 11.6. The van der Waals surface area contributed by atoms with E-state index in [-0.39, 0.29) is 0 Å². The quantitative estimate of drug-likeness (QED) is 0.692. The number of aromatic nitrogens is 3. The molecule has 0 N–H and O–H groups in total. The van der Waals surface area contributed by atoms with Crippen LogP contribution >= 0.6 is 22.7 Å². The minimum absolute atomic E-state index is 0.510. The maximum absolute atomic E-state index is 10.6. The molecule has 3 heterocycles. The predicted molar refractivity (Wildman–Crippen MR) is 72.9 cm³/mol. The van der Waals surface area contributed by atoms with Crippen LogP contribution in [-0.2, 0) is 6.42 Å². The Labute approximate surface area is 112 Å². The third-order valence-electron chi connectivity index (χ3n) is 2.84. The molecule has 0 aliphatic carbocycles. The normalized spacial score (nSPS) is 11.2. The third-order valence-corrected chi connectivity index (χ3v) is 4.65. The number of aldehydes is 1. The zero-order valence-corrected chi connectivity index (χ0v) is 11.6. The molecule has 0 bridgehead atoms. The second-order valence-electron chi connectivity index (χ2n) is 4.10. The molecular weight excluding hydrogens is 266 g/mol. The Balaban J connectivity index is 2.05. The number of carbonyl (C=O) groups is 1. The monoisotopic (exact) mass is 277 g/mol. The number of fused-ring (bicyclic) bond motifs is 1. The summed E-state index contributed by atoms with van der Waals surface area (Å²) in [6.45, 7) is 4.09. The molecule has 0 aromatic carbocycles. The number of hydrogen-bond donors (Lipinski definition) is 0. The lowest BCUT2D eigenvalue weighted by Gasteiger charge is -2.00. The number of aryl methyl sites for hydroxylation is 2. The molecule has 0 saturated heterocycles. The number of rotatable bonds is 3. The Morgan fingerprint density at radius 1 is 1.28 bits per heavy atom. The van der Waals surface area contributed by atoms with E-state index in [1.54, 1.807) is 16.7 Å². The molecule has 0 aliphatic rings. The van der Waals surface area contributed by atoms with Crippen LogP contribution in [0.4, 0.5) is 0 Å². The lowest BCUT2D eigenvalue weighted by Crippen LogP contribution is -1.97. The first-order valence-electron chi connectivity index (χ1n) is 5.50. The molecule has 0 unspecified atom stereocenters. The summed E-state index contributed by atoms with van der Waals surface area (Å²) in [6, 6.07) is 0. The van der Waals surface area contributed by atoms with Gasteiger partial charge in [-0.2, -0.15) is 0 Å². The standard InChI is InChI=1S/C12H11N3OS2/c1-7-5-18-12-13-8(2)10(15(7)12)3-11-14-9(4-16)6-17-11/h4-6H,3H2,1-2H3. The van der Waals surface area contributed by atoms with Gasteiger partial charge in [0.2, 0.25) is 0 Å². The molecule has 0 spiro atoms. The van der Waals surface area contributed by atoms with Gasteiger partial charge in [0.15, 0.2) is 11.2 Å². The SMILES string of the molecule is Cc1nc2scc(C)n2c1Cc1nc(C=O)cs1. The van der Waals surface area contributed by atoms with Crippen LogP contribution in [-0.4, -0.2) is 20.7 Å². The van der Waals surface area contributed by atoms with Gasteiger partial charge in [0.1, 0.15) is 5.69 Å². The Bertz CT molecular complexity index is 723. The van der Waals surface area contributed by atoms with E-state index in [1.165, 1.54) is 17.0 Å². The van der Waals surface area contributed by atoms with Gasteiger partial charge in [-0.05, 0) is 13.8 Å². The van der Waals surface area contributed by atoms with Gasteiger partial charge in [-0.1, -0.05) is 0 Å². The van der Waals surface area contributed by atoms with E-state index in [0.717, 1.165) is 34.1 Å². The van der Waals surface area contributed by atoms with Crippen molar-refractivity contribution in [3.63, 3.8) is 0 Å². The van der Waals surface area contributed by atoms with Gasteiger partial charge in [-0.3, -0.25) is 9.20 Å². The van der Waals surface area contributed by atoms with Crippen LogP contribution in [0.3, 0.4) is 0 Å². The third kappa shape index (κ3) is 1.77. The van der Waals surface area contributed by atoms with Gasteiger partial charge in [-0.15, -0.1) is 22.7 Å². The van der Waals surface area contributed by atoms with Gasteiger partial charge in [0.05, 0.1) is 16.4 Å². The van der Waals surface area contributed by atoms with Crippen LogP contribution in [0.2, 0.25) is 0 Å². The molecule has 0 saturated carbocycles. The van der Waals surface area contributed by atoms with Crippen LogP contribution in [0.1, 0.15) is 32.6 Å². The Kier molecular flexibility index (Phi) is 2.76. The number of hydrogen-bond acceptors (Lipinski definition) is 5. The highest BCUT2D eigenvalue weighted by Crippen LogP contribution is 2.23. The van der Waals surface area contributed by atoms with Crippen LogP contribution < -0.4 is 0 Å². The Morgan fingerprint density at radius 2 is 2.11 bits per heavy atom. The summed E-state index contributed by atoms with van der Waals surface area (Å²) in [4.78, 5) is 20.5. The van der Waals surface area contributed by atoms with Crippen LogP contribution in [0.5, 0.6) is 0 Å². The van der Waals surface area contributed by atoms with Crippen LogP contribution in [0.15, 0.2) is 10.8 Å². The molecule has 18 heavy (non-hydrogen) atoms. The van der Waals surface area contributed by atoms with E-state index in [2.05, 4.69) is 26.7 Å². The van der Waals surface area contributed by atoms with Crippen molar-refractivity contribution < 1.29 is 4.79 Å². The molecule has 3 aromatic heterocycles. The van der Waals surface area contributed by atoms with E-state index in [1.807, 2.05) is 6.92 Å². The molecular formula is C12H11N3OS2. The minimum Gasteiger partial charge on any atom is -0.296 e. The first-order valence-corrected chi connectivity index (χ1v) is 7.26. The van der Waals surface area contributed by atoms with Gasteiger partial charge < -0.3 is 0 Å². The van der Waals surface area contributed by atoms with Gasteiger partial charge >= 0.3 is 0 Å². The number of thiazole rings is 2. The molecule has 3 aromatic rings. The van der Waals surface area contributed by atoms with E-state index >= 15 is 0 Å². The summed E-state index contributed by atoms with van der Waals surface area (Å²) in [5.41, 5.74) is 3.90. The van der Waals surface area contributed by atoms with E-state index in [4.69, 9.17) is 0 Å². The second kappa shape index (κ2) is 4.29. The van der Waals surface area contributed by atoms with Crippen LogP contribution in [0, 0.1) is 13.8 Å². The highest BCUT2D eigenvalue weighted by molar-refractivity contribution is 7.15. The minimum atomic E-state index is 0.510.